The lowest BCUT2D eigenvalue weighted by molar-refractivity contribution is 0.123. The first kappa shape index (κ1) is 12.9. The minimum atomic E-state index is 0.542. The van der Waals surface area contributed by atoms with Crippen LogP contribution < -0.4 is 5.73 Å². The van der Waals surface area contributed by atoms with Gasteiger partial charge in [0.25, 0.3) is 0 Å². The Bertz CT molecular complexity index is 121. The van der Waals surface area contributed by atoms with Crippen LogP contribution in [0, 0.1) is 5.92 Å². The lowest BCUT2D eigenvalue weighted by Gasteiger charge is -2.36. The summed E-state index contributed by atoms with van der Waals surface area (Å²) in [6.07, 6.45) is 1.21. The second kappa shape index (κ2) is 6.39. The SMILES string of the molecule is CCCN(C(C)C)C(CN)C(C)C. The molecule has 0 aliphatic rings. The fraction of sp³-hybridized carbons (Fsp3) is 1.00. The first-order valence-electron chi connectivity index (χ1n) is 5.50. The van der Waals surface area contributed by atoms with Crippen LogP contribution in [0.4, 0.5) is 0 Å². The molecule has 0 spiro atoms. The topological polar surface area (TPSA) is 29.3 Å². The summed E-state index contributed by atoms with van der Waals surface area (Å²) in [6, 6.07) is 1.15. The van der Waals surface area contributed by atoms with Crippen molar-refractivity contribution < 1.29 is 0 Å². The number of hydrogen-bond donors (Lipinski definition) is 1. The molecular weight excluding hydrogens is 160 g/mol. The third kappa shape index (κ3) is 4.10. The largest absolute Gasteiger partial charge is 0.329 e. The van der Waals surface area contributed by atoms with Gasteiger partial charge in [-0.1, -0.05) is 20.8 Å². The average Bonchev–Trinajstić information content (AvgIpc) is 2.03. The summed E-state index contributed by atoms with van der Waals surface area (Å²) in [4.78, 5) is 2.52. The van der Waals surface area contributed by atoms with Crippen LogP contribution in [-0.2, 0) is 0 Å². The second-order valence-corrected chi connectivity index (χ2v) is 4.38. The molecule has 1 unspecified atom stereocenters. The first-order valence-corrected chi connectivity index (χ1v) is 5.50. The van der Waals surface area contributed by atoms with Gasteiger partial charge in [-0.15, -0.1) is 0 Å². The van der Waals surface area contributed by atoms with E-state index in [1.54, 1.807) is 0 Å². The monoisotopic (exact) mass is 186 g/mol. The molecule has 0 aliphatic heterocycles. The third-order valence-electron chi connectivity index (χ3n) is 2.58. The second-order valence-electron chi connectivity index (χ2n) is 4.38. The summed E-state index contributed by atoms with van der Waals surface area (Å²) < 4.78 is 0. The smallest absolute Gasteiger partial charge is 0.0244 e. The fourth-order valence-electron chi connectivity index (χ4n) is 1.86. The zero-order valence-corrected chi connectivity index (χ0v) is 9.88. The number of rotatable bonds is 6. The van der Waals surface area contributed by atoms with E-state index in [9.17, 15) is 0 Å². The van der Waals surface area contributed by atoms with Gasteiger partial charge in [0.2, 0.25) is 0 Å². The molecule has 1 atom stereocenters. The molecule has 0 radical (unpaired) electrons. The van der Waals surface area contributed by atoms with E-state index < -0.39 is 0 Å². The van der Waals surface area contributed by atoms with Gasteiger partial charge in [-0.3, -0.25) is 4.90 Å². The number of nitrogens with two attached hydrogens (primary N) is 1. The normalized spacial score (nSPS) is 14.5. The Morgan fingerprint density at radius 1 is 1.15 bits per heavy atom. The predicted octanol–water partition coefficient (Wildman–Crippen LogP) is 2.09. The first-order chi connectivity index (χ1) is 6.04. The van der Waals surface area contributed by atoms with Crippen LogP contribution in [0.25, 0.3) is 0 Å². The molecular formula is C11H26N2. The molecule has 0 aliphatic carbocycles. The zero-order valence-electron chi connectivity index (χ0n) is 9.88. The Morgan fingerprint density at radius 2 is 1.69 bits per heavy atom. The Hall–Kier alpha value is -0.0800. The van der Waals surface area contributed by atoms with Gasteiger partial charge in [-0.05, 0) is 32.7 Å². The molecule has 0 rings (SSSR count). The van der Waals surface area contributed by atoms with Crippen LogP contribution in [0.2, 0.25) is 0 Å². The summed E-state index contributed by atoms with van der Waals surface area (Å²) in [7, 11) is 0. The summed E-state index contributed by atoms with van der Waals surface area (Å²) >= 11 is 0. The molecule has 0 aromatic heterocycles. The van der Waals surface area contributed by atoms with Crippen molar-refractivity contribution in [1.82, 2.24) is 4.90 Å². The third-order valence-corrected chi connectivity index (χ3v) is 2.58. The molecule has 0 bridgehead atoms. The molecule has 0 fully saturated rings. The Balaban J connectivity index is 4.29. The molecule has 0 heterocycles. The molecule has 2 nitrogen and oxygen atoms in total. The molecule has 80 valence electrons. The molecule has 13 heavy (non-hydrogen) atoms. The number of nitrogens with zero attached hydrogens (tertiary/aromatic N) is 1. The zero-order chi connectivity index (χ0) is 10.4. The standard InChI is InChI=1S/C11H26N2/c1-6-7-13(10(4)5)11(8-12)9(2)3/h9-11H,6-8,12H2,1-5H3. The average molecular weight is 186 g/mol. The minimum absolute atomic E-state index is 0.542. The van der Waals surface area contributed by atoms with E-state index in [4.69, 9.17) is 5.73 Å². The van der Waals surface area contributed by atoms with Gasteiger partial charge in [-0.25, -0.2) is 0 Å². The van der Waals surface area contributed by atoms with Gasteiger partial charge >= 0.3 is 0 Å². The molecule has 0 saturated carbocycles. The van der Waals surface area contributed by atoms with E-state index in [1.807, 2.05) is 0 Å². The van der Waals surface area contributed by atoms with Gasteiger partial charge in [0.05, 0.1) is 0 Å². The van der Waals surface area contributed by atoms with Crippen molar-refractivity contribution in [1.29, 1.82) is 0 Å². The molecule has 0 aromatic rings. The van der Waals surface area contributed by atoms with Crippen molar-refractivity contribution >= 4 is 0 Å². The van der Waals surface area contributed by atoms with Crippen LogP contribution in [0.3, 0.4) is 0 Å². The van der Waals surface area contributed by atoms with E-state index in [0.717, 1.165) is 13.1 Å². The van der Waals surface area contributed by atoms with Gasteiger partial charge in [0.15, 0.2) is 0 Å². The Labute approximate surface area is 83.5 Å². The lowest BCUT2D eigenvalue weighted by Crippen LogP contribution is -2.47. The Kier molecular flexibility index (Phi) is 6.35. The summed E-state index contributed by atoms with van der Waals surface area (Å²) in [6.45, 7) is 13.2. The van der Waals surface area contributed by atoms with Gasteiger partial charge in [-0.2, -0.15) is 0 Å². The van der Waals surface area contributed by atoms with Crippen LogP contribution in [-0.4, -0.2) is 30.1 Å². The van der Waals surface area contributed by atoms with Crippen molar-refractivity contribution in [2.24, 2.45) is 11.7 Å². The molecule has 0 saturated heterocycles. The molecule has 0 amide bonds. The maximum absolute atomic E-state index is 5.80. The highest BCUT2D eigenvalue weighted by molar-refractivity contribution is 4.77. The van der Waals surface area contributed by atoms with Crippen molar-refractivity contribution in [2.45, 2.75) is 53.1 Å². The maximum Gasteiger partial charge on any atom is 0.0244 e. The Morgan fingerprint density at radius 3 is 1.92 bits per heavy atom. The lowest BCUT2D eigenvalue weighted by atomic mass is 10.0. The number of hydrogen-bond acceptors (Lipinski definition) is 2. The van der Waals surface area contributed by atoms with E-state index in [1.165, 1.54) is 6.42 Å². The van der Waals surface area contributed by atoms with Crippen molar-refractivity contribution in [3.05, 3.63) is 0 Å². The minimum Gasteiger partial charge on any atom is -0.329 e. The van der Waals surface area contributed by atoms with Crippen LogP contribution in [0.1, 0.15) is 41.0 Å². The van der Waals surface area contributed by atoms with Crippen LogP contribution in [0.15, 0.2) is 0 Å². The van der Waals surface area contributed by atoms with Crippen LogP contribution >= 0.6 is 0 Å². The molecule has 2 heteroatoms. The van der Waals surface area contributed by atoms with E-state index in [0.29, 0.717) is 18.0 Å². The fourth-order valence-corrected chi connectivity index (χ4v) is 1.86. The molecule has 2 N–H and O–H groups in total. The highest BCUT2D eigenvalue weighted by Crippen LogP contribution is 2.13. The molecule has 0 aromatic carbocycles. The summed E-state index contributed by atoms with van der Waals surface area (Å²) in [5, 5.41) is 0. The van der Waals surface area contributed by atoms with Crippen LogP contribution in [0.5, 0.6) is 0 Å². The quantitative estimate of drug-likeness (QED) is 0.688. The highest BCUT2D eigenvalue weighted by Gasteiger charge is 2.21. The van der Waals surface area contributed by atoms with Gasteiger partial charge in [0, 0.05) is 18.6 Å². The van der Waals surface area contributed by atoms with Crippen molar-refractivity contribution in [3.63, 3.8) is 0 Å². The highest BCUT2D eigenvalue weighted by atomic mass is 15.2. The predicted molar refractivity (Wildman–Crippen MR) is 59.8 cm³/mol. The van der Waals surface area contributed by atoms with Crippen molar-refractivity contribution in [2.75, 3.05) is 13.1 Å². The van der Waals surface area contributed by atoms with E-state index >= 15 is 0 Å². The summed E-state index contributed by atoms with van der Waals surface area (Å²) in [5.41, 5.74) is 5.80. The van der Waals surface area contributed by atoms with E-state index in [-0.39, 0.29) is 0 Å². The van der Waals surface area contributed by atoms with E-state index in [2.05, 4.69) is 39.5 Å². The van der Waals surface area contributed by atoms with Crippen molar-refractivity contribution in [3.8, 4) is 0 Å². The van der Waals surface area contributed by atoms with Gasteiger partial charge in [0.1, 0.15) is 0 Å². The summed E-state index contributed by atoms with van der Waals surface area (Å²) in [5.74, 6) is 0.652. The van der Waals surface area contributed by atoms with Gasteiger partial charge < -0.3 is 5.73 Å². The maximum atomic E-state index is 5.80.